The Labute approximate surface area is 157 Å². The maximum Gasteiger partial charge on any atom is 0.225 e. The molecule has 0 spiro atoms. The molecule has 1 amide bonds. The van der Waals surface area contributed by atoms with Crippen molar-refractivity contribution in [3.8, 4) is 0 Å². The van der Waals surface area contributed by atoms with E-state index in [0.29, 0.717) is 5.92 Å². The van der Waals surface area contributed by atoms with Gasteiger partial charge in [0.05, 0.1) is 5.41 Å². The monoisotopic (exact) mass is 356 g/mol. The number of anilines is 1. The summed E-state index contributed by atoms with van der Waals surface area (Å²) in [5.74, 6) is 0.350. The van der Waals surface area contributed by atoms with Crippen LogP contribution in [-0.4, -0.2) is 68.1 Å². The van der Waals surface area contributed by atoms with Crippen molar-refractivity contribution in [2.24, 2.45) is 22.5 Å². The summed E-state index contributed by atoms with van der Waals surface area (Å²) in [5, 5.41) is 0. The molecule has 26 heavy (non-hydrogen) atoms. The molecule has 1 aliphatic carbocycles. The summed E-state index contributed by atoms with van der Waals surface area (Å²) >= 11 is 0. The largest absolute Gasteiger partial charge is 0.369 e. The predicted molar refractivity (Wildman–Crippen MR) is 105 cm³/mol. The summed E-state index contributed by atoms with van der Waals surface area (Å²) in [6.07, 6.45) is 0.951. The highest BCUT2D eigenvalue weighted by Gasteiger charge is 2.65. The fourth-order valence-corrected chi connectivity index (χ4v) is 5.64. The Balaban J connectivity index is 1.27. The van der Waals surface area contributed by atoms with E-state index in [1.807, 2.05) is 0 Å². The number of hydrogen-bond donors (Lipinski definition) is 1. The van der Waals surface area contributed by atoms with Gasteiger partial charge in [-0.1, -0.05) is 32.0 Å². The fraction of sp³-hybridized carbons (Fsp3) is 0.667. The van der Waals surface area contributed by atoms with Crippen molar-refractivity contribution >= 4 is 11.6 Å². The summed E-state index contributed by atoms with van der Waals surface area (Å²) < 4.78 is 0. The number of fused-ring (bicyclic) bond motifs is 1. The number of para-hydroxylation sites is 1. The minimum Gasteiger partial charge on any atom is -0.369 e. The third-order valence-electron chi connectivity index (χ3n) is 7.04. The van der Waals surface area contributed by atoms with Crippen LogP contribution in [0.1, 0.15) is 20.3 Å². The van der Waals surface area contributed by atoms with Crippen LogP contribution >= 0.6 is 0 Å². The van der Waals surface area contributed by atoms with Crippen molar-refractivity contribution < 1.29 is 4.79 Å². The lowest BCUT2D eigenvalue weighted by Crippen LogP contribution is -2.59. The van der Waals surface area contributed by atoms with E-state index in [9.17, 15) is 4.79 Å². The quantitative estimate of drug-likeness (QED) is 0.871. The molecule has 0 unspecified atom stereocenters. The summed E-state index contributed by atoms with van der Waals surface area (Å²) in [7, 11) is 0. The summed E-state index contributed by atoms with van der Waals surface area (Å²) in [6, 6.07) is 10.7. The van der Waals surface area contributed by atoms with Crippen LogP contribution < -0.4 is 10.6 Å². The molecule has 1 aromatic carbocycles. The van der Waals surface area contributed by atoms with Gasteiger partial charge in [0.15, 0.2) is 0 Å². The number of rotatable bonds is 5. The molecule has 2 aliphatic heterocycles. The van der Waals surface area contributed by atoms with Gasteiger partial charge in [-0.15, -0.1) is 0 Å². The molecule has 0 radical (unpaired) electrons. The van der Waals surface area contributed by atoms with E-state index in [4.69, 9.17) is 5.73 Å². The number of likely N-dealkylation sites (tertiary alicyclic amines) is 1. The first-order valence-electron chi connectivity index (χ1n) is 9.95. The number of piperazine rings is 1. The predicted octanol–water partition coefficient (Wildman–Crippen LogP) is 1.64. The van der Waals surface area contributed by atoms with Gasteiger partial charge in [0, 0.05) is 58.0 Å². The molecule has 1 aromatic rings. The number of benzene rings is 1. The smallest absolute Gasteiger partial charge is 0.225 e. The Kier molecular flexibility index (Phi) is 4.48. The number of carbonyl (C=O) groups is 1. The number of carbonyl (C=O) groups excluding carboxylic acids is 1. The molecule has 2 atom stereocenters. The zero-order valence-electron chi connectivity index (χ0n) is 16.2. The van der Waals surface area contributed by atoms with Gasteiger partial charge in [0.2, 0.25) is 5.91 Å². The molecule has 4 rings (SSSR count). The molecule has 142 valence electrons. The molecule has 5 nitrogen and oxygen atoms in total. The van der Waals surface area contributed by atoms with Crippen LogP contribution in [0.3, 0.4) is 0 Å². The van der Waals surface area contributed by atoms with Crippen LogP contribution in [0.15, 0.2) is 30.3 Å². The third-order valence-corrected chi connectivity index (χ3v) is 7.04. The van der Waals surface area contributed by atoms with Crippen LogP contribution in [0, 0.1) is 16.7 Å². The summed E-state index contributed by atoms with van der Waals surface area (Å²) in [5.41, 5.74) is 7.11. The van der Waals surface area contributed by atoms with E-state index >= 15 is 0 Å². The van der Waals surface area contributed by atoms with Crippen molar-refractivity contribution in [2.75, 3.05) is 57.3 Å². The highest BCUT2D eigenvalue weighted by Crippen LogP contribution is 2.62. The molecule has 1 saturated carbocycles. The highest BCUT2D eigenvalue weighted by molar-refractivity contribution is 5.83. The Morgan fingerprint density at radius 2 is 1.73 bits per heavy atom. The first-order chi connectivity index (χ1) is 12.4. The van der Waals surface area contributed by atoms with Crippen LogP contribution in [-0.2, 0) is 4.79 Å². The second-order valence-corrected chi connectivity index (χ2v) is 9.14. The van der Waals surface area contributed by atoms with Gasteiger partial charge in [-0.3, -0.25) is 9.69 Å². The minimum absolute atomic E-state index is 0.0826. The number of nitrogens with zero attached hydrogens (tertiary/aromatic N) is 3. The number of nitrogens with two attached hydrogens (primary N) is 1. The summed E-state index contributed by atoms with van der Waals surface area (Å²) in [6.45, 7) is 13.0. The first-order valence-corrected chi connectivity index (χ1v) is 9.95. The molecular formula is C21H32N4O. The Morgan fingerprint density at radius 1 is 1.08 bits per heavy atom. The Bertz CT molecular complexity index is 653. The SMILES string of the molecule is CC1(C)C[C@]2(C(N)=O)CN(CCN3CCN(c4ccccc4)CC3)C[C@H]12. The molecule has 0 aromatic heterocycles. The van der Waals surface area contributed by atoms with Crippen molar-refractivity contribution in [2.45, 2.75) is 20.3 Å². The van der Waals surface area contributed by atoms with Gasteiger partial charge in [-0.05, 0) is 29.9 Å². The van der Waals surface area contributed by atoms with Crippen molar-refractivity contribution in [3.05, 3.63) is 30.3 Å². The highest BCUT2D eigenvalue weighted by atomic mass is 16.1. The van der Waals surface area contributed by atoms with Gasteiger partial charge in [0.25, 0.3) is 0 Å². The second kappa shape index (κ2) is 6.54. The van der Waals surface area contributed by atoms with Gasteiger partial charge in [0.1, 0.15) is 0 Å². The van der Waals surface area contributed by atoms with Crippen LogP contribution in [0.4, 0.5) is 5.69 Å². The lowest BCUT2D eigenvalue weighted by Gasteiger charge is -2.54. The fourth-order valence-electron chi connectivity index (χ4n) is 5.64. The Morgan fingerprint density at radius 3 is 2.31 bits per heavy atom. The molecule has 5 heteroatoms. The number of amides is 1. The third kappa shape index (κ3) is 3.01. The van der Waals surface area contributed by atoms with Crippen LogP contribution in [0.5, 0.6) is 0 Å². The Hall–Kier alpha value is -1.59. The zero-order chi connectivity index (χ0) is 18.4. The maximum atomic E-state index is 12.1. The van der Waals surface area contributed by atoms with Gasteiger partial charge in [-0.25, -0.2) is 0 Å². The van der Waals surface area contributed by atoms with Crippen molar-refractivity contribution in [1.29, 1.82) is 0 Å². The normalized spacial score (nSPS) is 31.5. The summed E-state index contributed by atoms with van der Waals surface area (Å²) in [4.78, 5) is 19.6. The van der Waals surface area contributed by atoms with Crippen LogP contribution in [0.25, 0.3) is 0 Å². The van der Waals surface area contributed by atoms with Crippen molar-refractivity contribution in [3.63, 3.8) is 0 Å². The van der Waals surface area contributed by atoms with Crippen LogP contribution in [0.2, 0.25) is 0 Å². The lowest BCUT2D eigenvalue weighted by molar-refractivity contribution is -0.148. The standard InChI is InChI=1S/C21H32N4O/c1-20(2)15-21(19(22)26)16-24(14-18(20)21)9-8-23-10-12-25(13-11-23)17-6-4-3-5-7-17/h3-7,18H,8-16H2,1-2H3,(H2,22,26)/t18-,21+/m1/s1. The van der Waals surface area contributed by atoms with E-state index in [0.717, 1.165) is 58.8 Å². The van der Waals surface area contributed by atoms with Gasteiger partial charge >= 0.3 is 0 Å². The molecule has 2 N–H and O–H groups in total. The van der Waals surface area contributed by atoms with Gasteiger partial charge < -0.3 is 15.5 Å². The van der Waals surface area contributed by atoms with Crippen molar-refractivity contribution in [1.82, 2.24) is 9.80 Å². The number of primary amides is 1. The number of hydrogen-bond acceptors (Lipinski definition) is 4. The van der Waals surface area contributed by atoms with E-state index in [-0.39, 0.29) is 16.7 Å². The minimum atomic E-state index is -0.254. The molecule has 3 fully saturated rings. The topological polar surface area (TPSA) is 52.8 Å². The average Bonchev–Trinajstić information content (AvgIpc) is 2.97. The van der Waals surface area contributed by atoms with E-state index < -0.39 is 0 Å². The lowest BCUT2D eigenvalue weighted by atomic mass is 9.48. The maximum absolute atomic E-state index is 12.1. The molecule has 2 saturated heterocycles. The van der Waals surface area contributed by atoms with Gasteiger partial charge in [-0.2, -0.15) is 0 Å². The van der Waals surface area contributed by atoms with E-state index in [1.54, 1.807) is 0 Å². The average molecular weight is 357 g/mol. The van der Waals surface area contributed by atoms with E-state index in [2.05, 4.69) is 58.9 Å². The molecular weight excluding hydrogens is 324 g/mol. The first kappa shape index (κ1) is 17.8. The molecule has 2 heterocycles. The zero-order valence-corrected chi connectivity index (χ0v) is 16.2. The van der Waals surface area contributed by atoms with E-state index in [1.165, 1.54) is 5.69 Å². The second-order valence-electron chi connectivity index (χ2n) is 9.14. The molecule has 3 aliphatic rings. The molecule has 0 bridgehead atoms.